The lowest BCUT2D eigenvalue weighted by Crippen LogP contribution is -2.41. The molecule has 1 fully saturated rings. The normalized spacial score (nSPS) is 33.6. The predicted molar refractivity (Wildman–Crippen MR) is 89.0 cm³/mol. The Hall–Kier alpha value is -1.95. The molecule has 24 heavy (non-hydrogen) atoms. The zero-order valence-corrected chi connectivity index (χ0v) is 13.3. The van der Waals surface area contributed by atoms with Crippen LogP contribution < -0.4 is 0 Å². The van der Waals surface area contributed by atoms with E-state index in [1.54, 1.807) is 0 Å². The van der Waals surface area contributed by atoms with Crippen molar-refractivity contribution < 1.29 is 24.5 Å². The molecule has 0 saturated carbocycles. The SMILES string of the molecule is O=C1C=C[C@@H](O)[C@@H](C[C@H]2C[C@@H](O)C[C@H](/C=C/c3ccccc3)O2)O1. The third-order valence-electron chi connectivity index (χ3n) is 4.28. The summed E-state index contributed by atoms with van der Waals surface area (Å²) in [6.45, 7) is 0. The van der Waals surface area contributed by atoms with Crippen LogP contribution in [-0.2, 0) is 14.3 Å². The van der Waals surface area contributed by atoms with E-state index in [0.29, 0.717) is 19.3 Å². The summed E-state index contributed by atoms with van der Waals surface area (Å²) in [7, 11) is 0. The number of hydrogen-bond donors (Lipinski definition) is 2. The zero-order chi connectivity index (χ0) is 16.9. The Morgan fingerprint density at radius 2 is 1.96 bits per heavy atom. The molecule has 5 nitrogen and oxygen atoms in total. The van der Waals surface area contributed by atoms with E-state index in [1.807, 2.05) is 42.5 Å². The van der Waals surface area contributed by atoms with Gasteiger partial charge in [-0.05, 0) is 18.1 Å². The highest BCUT2D eigenvalue weighted by Gasteiger charge is 2.33. The van der Waals surface area contributed by atoms with Gasteiger partial charge in [0.15, 0.2) is 0 Å². The van der Waals surface area contributed by atoms with Gasteiger partial charge in [-0.1, -0.05) is 42.5 Å². The lowest BCUT2D eigenvalue weighted by Gasteiger charge is -2.34. The summed E-state index contributed by atoms with van der Waals surface area (Å²) in [5.41, 5.74) is 1.07. The molecule has 5 atom stereocenters. The highest BCUT2D eigenvalue weighted by molar-refractivity contribution is 5.83. The van der Waals surface area contributed by atoms with Crippen molar-refractivity contribution in [3.63, 3.8) is 0 Å². The second-order valence-electron chi connectivity index (χ2n) is 6.25. The summed E-state index contributed by atoms with van der Waals surface area (Å²) in [6, 6.07) is 9.88. The number of aliphatic hydroxyl groups is 2. The van der Waals surface area contributed by atoms with Gasteiger partial charge in [-0.3, -0.25) is 0 Å². The molecule has 1 aromatic rings. The van der Waals surface area contributed by atoms with E-state index in [2.05, 4.69) is 0 Å². The van der Waals surface area contributed by atoms with Gasteiger partial charge in [-0.15, -0.1) is 0 Å². The van der Waals surface area contributed by atoms with Crippen LogP contribution in [0.2, 0.25) is 0 Å². The fourth-order valence-electron chi connectivity index (χ4n) is 3.09. The monoisotopic (exact) mass is 330 g/mol. The molecule has 2 aliphatic rings. The highest BCUT2D eigenvalue weighted by Crippen LogP contribution is 2.26. The Kier molecular flexibility index (Phi) is 5.45. The van der Waals surface area contributed by atoms with Gasteiger partial charge in [-0.2, -0.15) is 0 Å². The smallest absolute Gasteiger partial charge is 0.330 e. The number of aliphatic hydroxyl groups excluding tert-OH is 2. The molecule has 0 bridgehead atoms. The van der Waals surface area contributed by atoms with Crippen LogP contribution in [0.15, 0.2) is 48.6 Å². The maximum atomic E-state index is 11.3. The van der Waals surface area contributed by atoms with Gasteiger partial charge in [0, 0.05) is 18.9 Å². The molecule has 0 unspecified atom stereocenters. The molecule has 0 aliphatic carbocycles. The van der Waals surface area contributed by atoms with Crippen LogP contribution in [0.1, 0.15) is 24.8 Å². The predicted octanol–water partition coefficient (Wildman–Crippen LogP) is 1.84. The number of hydrogen-bond acceptors (Lipinski definition) is 5. The largest absolute Gasteiger partial charge is 0.456 e. The second kappa shape index (κ2) is 7.75. The van der Waals surface area contributed by atoms with Crippen LogP contribution in [0, 0.1) is 0 Å². The van der Waals surface area contributed by atoms with E-state index >= 15 is 0 Å². The molecule has 128 valence electrons. The average Bonchev–Trinajstić information content (AvgIpc) is 2.57. The molecule has 1 saturated heterocycles. The molecular weight excluding hydrogens is 308 g/mol. The van der Waals surface area contributed by atoms with E-state index in [9.17, 15) is 15.0 Å². The highest BCUT2D eigenvalue weighted by atomic mass is 16.6. The van der Waals surface area contributed by atoms with Crippen LogP contribution in [0.5, 0.6) is 0 Å². The molecule has 3 rings (SSSR count). The second-order valence-corrected chi connectivity index (χ2v) is 6.25. The van der Waals surface area contributed by atoms with Crippen LogP contribution in [-0.4, -0.2) is 46.7 Å². The molecule has 1 aromatic carbocycles. The Bertz CT molecular complexity index is 609. The van der Waals surface area contributed by atoms with E-state index in [-0.39, 0.29) is 12.2 Å². The zero-order valence-electron chi connectivity index (χ0n) is 13.3. The molecule has 0 aromatic heterocycles. The molecule has 2 N–H and O–H groups in total. The summed E-state index contributed by atoms with van der Waals surface area (Å²) in [5.74, 6) is -0.456. The van der Waals surface area contributed by atoms with Gasteiger partial charge in [0.05, 0.1) is 18.3 Å². The fourth-order valence-corrected chi connectivity index (χ4v) is 3.09. The van der Waals surface area contributed by atoms with Gasteiger partial charge < -0.3 is 19.7 Å². The summed E-state index contributed by atoms with van der Waals surface area (Å²) < 4.78 is 11.1. The van der Waals surface area contributed by atoms with Crippen molar-refractivity contribution in [3.05, 3.63) is 54.1 Å². The molecule has 0 radical (unpaired) electrons. The average molecular weight is 330 g/mol. The Morgan fingerprint density at radius 3 is 2.75 bits per heavy atom. The number of cyclic esters (lactones) is 1. The lowest BCUT2D eigenvalue weighted by molar-refractivity contribution is -0.155. The molecular formula is C19H22O5. The lowest BCUT2D eigenvalue weighted by atomic mass is 9.94. The maximum Gasteiger partial charge on any atom is 0.330 e. The van der Waals surface area contributed by atoms with Crippen LogP contribution in [0.3, 0.4) is 0 Å². The number of rotatable bonds is 4. The van der Waals surface area contributed by atoms with Crippen molar-refractivity contribution in [2.45, 2.75) is 49.8 Å². The van der Waals surface area contributed by atoms with E-state index in [1.165, 1.54) is 12.2 Å². The number of ether oxygens (including phenoxy) is 2. The first-order valence-corrected chi connectivity index (χ1v) is 8.24. The van der Waals surface area contributed by atoms with Crippen molar-refractivity contribution in [2.75, 3.05) is 0 Å². The standard InChI is InChI=1S/C19H22O5/c20-14-10-15(7-6-13-4-2-1-3-5-13)23-16(11-14)12-18-17(21)8-9-19(22)24-18/h1-9,14-18,20-21H,10-12H2/b7-6+/t14-,15-,16+,17+,18+/m0/s1. The van der Waals surface area contributed by atoms with Gasteiger partial charge in [0.1, 0.15) is 12.2 Å². The summed E-state index contributed by atoms with van der Waals surface area (Å²) in [4.78, 5) is 11.3. The molecule has 0 amide bonds. The first kappa shape index (κ1) is 16.9. The number of carbonyl (C=O) groups excluding carboxylic acids is 1. The van der Waals surface area contributed by atoms with E-state index in [0.717, 1.165) is 5.56 Å². The number of carbonyl (C=O) groups is 1. The Balaban J connectivity index is 1.60. The maximum absolute atomic E-state index is 11.3. The molecule has 2 aliphatic heterocycles. The first-order chi connectivity index (χ1) is 11.6. The van der Waals surface area contributed by atoms with Crippen molar-refractivity contribution in [2.24, 2.45) is 0 Å². The van der Waals surface area contributed by atoms with Gasteiger partial charge in [-0.25, -0.2) is 4.79 Å². The van der Waals surface area contributed by atoms with Crippen LogP contribution in [0.4, 0.5) is 0 Å². The Labute approximate surface area is 141 Å². The van der Waals surface area contributed by atoms with Crippen molar-refractivity contribution in [3.8, 4) is 0 Å². The van der Waals surface area contributed by atoms with E-state index < -0.39 is 24.3 Å². The van der Waals surface area contributed by atoms with Gasteiger partial charge >= 0.3 is 5.97 Å². The fraction of sp³-hybridized carbons (Fsp3) is 0.421. The quantitative estimate of drug-likeness (QED) is 0.824. The minimum atomic E-state index is -0.830. The van der Waals surface area contributed by atoms with Crippen molar-refractivity contribution in [1.29, 1.82) is 0 Å². The number of esters is 1. The first-order valence-electron chi connectivity index (χ1n) is 8.24. The molecule has 0 spiro atoms. The van der Waals surface area contributed by atoms with Crippen molar-refractivity contribution >= 4 is 12.0 Å². The Morgan fingerprint density at radius 1 is 1.17 bits per heavy atom. The minimum absolute atomic E-state index is 0.203. The molecule has 2 heterocycles. The van der Waals surface area contributed by atoms with Gasteiger partial charge in [0.25, 0.3) is 0 Å². The third-order valence-corrected chi connectivity index (χ3v) is 4.28. The van der Waals surface area contributed by atoms with Crippen LogP contribution in [0.25, 0.3) is 6.08 Å². The number of benzene rings is 1. The van der Waals surface area contributed by atoms with Crippen LogP contribution >= 0.6 is 0 Å². The van der Waals surface area contributed by atoms with Gasteiger partial charge in [0.2, 0.25) is 0 Å². The summed E-state index contributed by atoms with van der Waals surface area (Å²) >= 11 is 0. The topological polar surface area (TPSA) is 76.0 Å². The third kappa shape index (κ3) is 4.54. The van der Waals surface area contributed by atoms with Crippen molar-refractivity contribution in [1.82, 2.24) is 0 Å². The summed E-state index contributed by atoms with van der Waals surface area (Å²) in [6.07, 6.45) is 5.54. The van der Waals surface area contributed by atoms with E-state index in [4.69, 9.17) is 9.47 Å². The molecule has 5 heteroatoms. The minimum Gasteiger partial charge on any atom is -0.456 e. The summed E-state index contributed by atoms with van der Waals surface area (Å²) in [5, 5.41) is 20.0.